The molecule has 0 radical (unpaired) electrons. The van der Waals surface area contributed by atoms with Gasteiger partial charge in [0.15, 0.2) is 0 Å². The van der Waals surface area contributed by atoms with Gasteiger partial charge in [-0.3, -0.25) is 4.79 Å². The Labute approximate surface area is 120 Å². The lowest BCUT2D eigenvalue weighted by Crippen LogP contribution is -2.44. The van der Waals surface area contributed by atoms with Gasteiger partial charge in [0.25, 0.3) is 0 Å². The summed E-state index contributed by atoms with van der Waals surface area (Å²) in [4.78, 5) is 11.4. The lowest BCUT2D eigenvalue weighted by atomic mass is 9.88. The van der Waals surface area contributed by atoms with Gasteiger partial charge in [-0.1, -0.05) is 71.6 Å². The van der Waals surface area contributed by atoms with Crippen molar-refractivity contribution in [2.24, 2.45) is 0 Å². The van der Waals surface area contributed by atoms with Crippen molar-refractivity contribution in [3.63, 3.8) is 0 Å². The zero-order valence-electron chi connectivity index (χ0n) is 13.7. The van der Waals surface area contributed by atoms with E-state index in [1.807, 2.05) is 0 Å². The predicted octanol–water partition coefficient (Wildman–Crippen LogP) is 5.21. The minimum absolute atomic E-state index is 0.0196. The van der Waals surface area contributed by atoms with Crippen LogP contribution in [0.2, 0.25) is 0 Å². The maximum absolute atomic E-state index is 11.4. The fourth-order valence-corrected chi connectivity index (χ4v) is 2.74. The van der Waals surface area contributed by atoms with E-state index in [1.165, 1.54) is 57.8 Å². The SMILES string of the molecule is CCCCCCCC(C)(CCCCCC)NC(C)=O. The first-order chi connectivity index (χ1) is 9.04. The van der Waals surface area contributed by atoms with Crippen molar-refractivity contribution in [3.05, 3.63) is 0 Å². The van der Waals surface area contributed by atoms with E-state index < -0.39 is 0 Å². The summed E-state index contributed by atoms with van der Waals surface area (Å²) in [5.41, 5.74) is 0.0196. The molecule has 0 spiro atoms. The van der Waals surface area contributed by atoms with Crippen molar-refractivity contribution < 1.29 is 4.79 Å². The van der Waals surface area contributed by atoms with Crippen molar-refractivity contribution in [1.29, 1.82) is 0 Å². The molecule has 0 aromatic carbocycles. The van der Waals surface area contributed by atoms with Crippen molar-refractivity contribution in [1.82, 2.24) is 5.32 Å². The number of carbonyl (C=O) groups is 1. The van der Waals surface area contributed by atoms with Gasteiger partial charge in [0, 0.05) is 12.5 Å². The predicted molar refractivity (Wildman–Crippen MR) is 84.4 cm³/mol. The van der Waals surface area contributed by atoms with Crippen LogP contribution in [-0.2, 0) is 4.79 Å². The second kappa shape index (κ2) is 11.3. The number of hydrogen-bond acceptors (Lipinski definition) is 1. The molecule has 1 N–H and O–H groups in total. The van der Waals surface area contributed by atoms with Crippen molar-refractivity contribution in [2.75, 3.05) is 0 Å². The van der Waals surface area contributed by atoms with Gasteiger partial charge in [-0.05, 0) is 19.8 Å². The van der Waals surface area contributed by atoms with Gasteiger partial charge >= 0.3 is 0 Å². The molecule has 0 aliphatic heterocycles. The van der Waals surface area contributed by atoms with Gasteiger partial charge in [-0.25, -0.2) is 0 Å². The fourth-order valence-electron chi connectivity index (χ4n) is 2.74. The van der Waals surface area contributed by atoms with Crippen LogP contribution in [0.3, 0.4) is 0 Å². The van der Waals surface area contributed by atoms with E-state index in [1.54, 1.807) is 6.92 Å². The summed E-state index contributed by atoms with van der Waals surface area (Å²) in [7, 11) is 0. The molecule has 0 fully saturated rings. The molecular weight excluding hydrogens is 234 g/mol. The molecule has 0 saturated heterocycles. The molecule has 0 aromatic heterocycles. The number of nitrogens with one attached hydrogen (secondary N) is 1. The lowest BCUT2D eigenvalue weighted by molar-refractivity contribution is -0.120. The Kier molecular flexibility index (Phi) is 11.0. The highest BCUT2D eigenvalue weighted by atomic mass is 16.1. The minimum Gasteiger partial charge on any atom is -0.351 e. The summed E-state index contributed by atoms with van der Waals surface area (Å²) in [5.74, 6) is 0.117. The van der Waals surface area contributed by atoms with Crippen molar-refractivity contribution >= 4 is 5.91 Å². The fraction of sp³-hybridized carbons (Fsp3) is 0.941. The Balaban J connectivity index is 3.99. The Morgan fingerprint density at radius 2 is 1.26 bits per heavy atom. The molecular formula is C17H35NO. The Morgan fingerprint density at radius 1 is 0.842 bits per heavy atom. The third-order valence-corrected chi connectivity index (χ3v) is 3.89. The monoisotopic (exact) mass is 269 g/mol. The van der Waals surface area contributed by atoms with Crippen LogP contribution in [0.4, 0.5) is 0 Å². The van der Waals surface area contributed by atoms with E-state index in [9.17, 15) is 4.79 Å². The van der Waals surface area contributed by atoms with Crippen LogP contribution in [0.15, 0.2) is 0 Å². The molecule has 19 heavy (non-hydrogen) atoms. The minimum atomic E-state index is 0.0196. The summed E-state index contributed by atoms with van der Waals surface area (Å²) in [5, 5.41) is 3.19. The van der Waals surface area contributed by atoms with E-state index in [0.717, 1.165) is 12.8 Å². The van der Waals surface area contributed by atoms with Crippen LogP contribution < -0.4 is 5.32 Å². The normalized spacial score (nSPS) is 14.1. The highest BCUT2D eigenvalue weighted by molar-refractivity contribution is 5.73. The highest BCUT2D eigenvalue weighted by Gasteiger charge is 2.23. The molecule has 0 bridgehead atoms. The molecule has 2 nitrogen and oxygen atoms in total. The summed E-state index contributed by atoms with van der Waals surface area (Å²) in [6.07, 6.45) is 13.9. The van der Waals surface area contributed by atoms with Gasteiger partial charge in [-0.15, -0.1) is 0 Å². The van der Waals surface area contributed by atoms with Gasteiger partial charge < -0.3 is 5.32 Å². The maximum Gasteiger partial charge on any atom is 0.217 e. The molecule has 1 unspecified atom stereocenters. The molecule has 2 heteroatoms. The van der Waals surface area contributed by atoms with Gasteiger partial charge in [0.2, 0.25) is 5.91 Å². The molecule has 0 aliphatic carbocycles. The molecule has 0 saturated carbocycles. The summed E-state index contributed by atoms with van der Waals surface area (Å²) in [6, 6.07) is 0. The zero-order chi connectivity index (χ0) is 14.6. The second-order valence-corrected chi connectivity index (χ2v) is 6.22. The van der Waals surface area contributed by atoms with Gasteiger partial charge in [-0.2, -0.15) is 0 Å². The number of rotatable bonds is 12. The van der Waals surface area contributed by atoms with Crippen LogP contribution in [-0.4, -0.2) is 11.4 Å². The van der Waals surface area contributed by atoms with E-state index in [-0.39, 0.29) is 11.4 Å². The Morgan fingerprint density at radius 3 is 1.68 bits per heavy atom. The van der Waals surface area contributed by atoms with E-state index in [4.69, 9.17) is 0 Å². The quantitative estimate of drug-likeness (QED) is 0.484. The molecule has 0 heterocycles. The average molecular weight is 269 g/mol. The standard InChI is InChI=1S/C17H35NO/c1-5-7-9-11-13-15-17(4,18-16(3)19)14-12-10-8-6-2/h5-15H2,1-4H3,(H,18,19). The number of carbonyl (C=O) groups excluding carboxylic acids is 1. The Bertz CT molecular complexity index is 227. The van der Waals surface area contributed by atoms with Crippen molar-refractivity contribution in [3.8, 4) is 0 Å². The number of hydrogen-bond donors (Lipinski definition) is 1. The first-order valence-electron chi connectivity index (χ1n) is 8.33. The summed E-state index contributed by atoms with van der Waals surface area (Å²) >= 11 is 0. The zero-order valence-corrected chi connectivity index (χ0v) is 13.7. The molecule has 0 aromatic rings. The largest absolute Gasteiger partial charge is 0.351 e. The average Bonchev–Trinajstić information content (AvgIpc) is 2.34. The van der Waals surface area contributed by atoms with Crippen LogP contribution >= 0.6 is 0 Å². The highest BCUT2D eigenvalue weighted by Crippen LogP contribution is 2.22. The third kappa shape index (κ3) is 11.0. The number of unbranched alkanes of at least 4 members (excludes halogenated alkanes) is 7. The maximum atomic E-state index is 11.4. The van der Waals surface area contributed by atoms with Crippen LogP contribution in [0.5, 0.6) is 0 Å². The molecule has 1 amide bonds. The molecule has 114 valence electrons. The first-order valence-corrected chi connectivity index (χ1v) is 8.33. The van der Waals surface area contributed by atoms with Crippen LogP contribution in [0, 0.1) is 0 Å². The summed E-state index contributed by atoms with van der Waals surface area (Å²) < 4.78 is 0. The Hall–Kier alpha value is -0.530. The van der Waals surface area contributed by atoms with E-state index in [2.05, 4.69) is 26.1 Å². The third-order valence-electron chi connectivity index (χ3n) is 3.89. The first kappa shape index (κ1) is 18.5. The van der Waals surface area contributed by atoms with Crippen molar-refractivity contribution in [2.45, 2.75) is 104 Å². The van der Waals surface area contributed by atoms with Crippen LogP contribution in [0.25, 0.3) is 0 Å². The lowest BCUT2D eigenvalue weighted by Gasteiger charge is -2.31. The summed E-state index contributed by atoms with van der Waals surface area (Å²) in [6.45, 7) is 8.34. The van der Waals surface area contributed by atoms with Gasteiger partial charge in [0.05, 0.1) is 0 Å². The number of amides is 1. The molecule has 0 rings (SSSR count). The van der Waals surface area contributed by atoms with Gasteiger partial charge in [0.1, 0.15) is 0 Å². The topological polar surface area (TPSA) is 29.1 Å². The van der Waals surface area contributed by atoms with Crippen LogP contribution in [0.1, 0.15) is 98.3 Å². The smallest absolute Gasteiger partial charge is 0.217 e. The van der Waals surface area contributed by atoms with E-state index in [0.29, 0.717) is 0 Å². The second-order valence-electron chi connectivity index (χ2n) is 6.22. The molecule has 0 aliphatic rings. The van der Waals surface area contributed by atoms with E-state index >= 15 is 0 Å². The molecule has 1 atom stereocenters.